The summed E-state index contributed by atoms with van der Waals surface area (Å²) in [5.74, 6) is 1.11. The number of aliphatic hydroxyl groups excluding tert-OH is 1. The molecule has 2 aromatic carbocycles. The van der Waals surface area contributed by atoms with E-state index in [-0.39, 0.29) is 11.3 Å². The summed E-state index contributed by atoms with van der Waals surface area (Å²) >= 11 is 0. The van der Waals surface area contributed by atoms with Crippen molar-refractivity contribution in [1.82, 2.24) is 5.32 Å². The summed E-state index contributed by atoms with van der Waals surface area (Å²) in [4.78, 5) is 4.97. The molecule has 1 fully saturated rings. The smallest absolute Gasteiger partial charge is 0.128 e. The zero-order valence-corrected chi connectivity index (χ0v) is 15.0. The molecule has 0 atom stereocenters. The highest BCUT2D eigenvalue weighted by Crippen LogP contribution is 2.40. The molecule has 0 aromatic heterocycles. The van der Waals surface area contributed by atoms with Crippen molar-refractivity contribution < 1.29 is 5.11 Å². The number of hydrogen-bond acceptors (Lipinski definition) is 4. The summed E-state index contributed by atoms with van der Waals surface area (Å²) in [5, 5.41) is 17.2. The standard InChI is InChI=1S/C22H25N3O/c1-16(26)18-10-4-3-9-17(18)15-23-21-22(13-7-2-8-14-22)25-20-12-6-5-11-19(20)24-21/h3-6,9-12,25-26H,1-2,7-8,13-15H2,(H,23,24). The molecule has 0 radical (unpaired) electrons. The number of benzene rings is 2. The Morgan fingerprint density at radius 2 is 1.81 bits per heavy atom. The predicted molar refractivity (Wildman–Crippen MR) is 108 cm³/mol. The minimum absolute atomic E-state index is 0.101. The van der Waals surface area contributed by atoms with Crippen molar-refractivity contribution in [1.29, 1.82) is 0 Å². The Morgan fingerprint density at radius 3 is 2.62 bits per heavy atom. The second kappa shape index (κ2) is 6.87. The summed E-state index contributed by atoms with van der Waals surface area (Å²) < 4.78 is 0. The van der Waals surface area contributed by atoms with Crippen molar-refractivity contribution >= 4 is 23.0 Å². The number of nitrogens with one attached hydrogen (secondary N) is 2. The highest BCUT2D eigenvalue weighted by Gasteiger charge is 2.40. The number of nitrogens with zero attached hydrogens (tertiary/aromatic N) is 1. The van der Waals surface area contributed by atoms with Crippen LogP contribution in [0.5, 0.6) is 0 Å². The highest BCUT2D eigenvalue weighted by atomic mass is 16.3. The molecular weight excluding hydrogens is 322 g/mol. The van der Waals surface area contributed by atoms with Gasteiger partial charge in [-0.25, -0.2) is 4.99 Å². The van der Waals surface area contributed by atoms with Gasteiger partial charge in [0.1, 0.15) is 11.6 Å². The average molecular weight is 347 g/mol. The second-order valence-electron chi connectivity index (χ2n) is 7.20. The zero-order chi connectivity index (χ0) is 18.0. The van der Waals surface area contributed by atoms with E-state index in [2.05, 4.69) is 29.3 Å². The molecular formula is C22H25N3O. The van der Waals surface area contributed by atoms with E-state index in [0.29, 0.717) is 6.54 Å². The Labute approximate surface area is 154 Å². The summed E-state index contributed by atoms with van der Waals surface area (Å²) in [7, 11) is 0. The normalized spacial score (nSPS) is 17.8. The molecule has 4 nitrogen and oxygen atoms in total. The summed E-state index contributed by atoms with van der Waals surface area (Å²) in [5.41, 5.74) is 3.78. The highest BCUT2D eigenvalue weighted by molar-refractivity contribution is 6.00. The van der Waals surface area contributed by atoms with Crippen LogP contribution < -0.4 is 10.6 Å². The van der Waals surface area contributed by atoms with Crippen molar-refractivity contribution in [2.75, 3.05) is 5.32 Å². The lowest BCUT2D eigenvalue weighted by Gasteiger charge is -2.42. The monoisotopic (exact) mass is 347 g/mol. The molecule has 0 unspecified atom stereocenters. The largest absolute Gasteiger partial charge is 0.508 e. The summed E-state index contributed by atoms with van der Waals surface area (Å²) in [6, 6.07) is 16.0. The third-order valence-electron chi connectivity index (χ3n) is 5.45. The average Bonchev–Trinajstić information content (AvgIpc) is 2.67. The minimum atomic E-state index is -0.113. The summed E-state index contributed by atoms with van der Waals surface area (Å²) in [6.45, 7) is 4.29. The van der Waals surface area contributed by atoms with E-state index in [1.54, 1.807) is 0 Å². The van der Waals surface area contributed by atoms with E-state index in [1.807, 2.05) is 36.4 Å². The van der Waals surface area contributed by atoms with Gasteiger partial charge in [-0.1, -0.05) is 62.2 Å². The van der Waals surface area contributed by atoms with Crippen LogP contribution in [-0.2, 0) is 6.54 Å². The molecule has 134 valence electrons. The molecule has 0 saturated heterocycles. The second-order valence-corrected chi connectivity index (χ2v) is 7.20. The molecule has 0 amide bonds. The van der Waals surface area contributed by atoms with E-state index in [4.69, 9.17) is 4.99 Å². The lowest BCUT2D eigenvalue weighted by Crippen LogP contribution is -2.54. The quantitative estimate of drug-likeness (QED) is 0.672. The number of para-hydroxylation sites is 2. The van der Waals surface area contributed by atoms with Crippen molar-refractivity contribution in [2.24, 2.45) is 4.99 Å². The molecule has 1 saturated carbocycles. The Bertz CT molecular complexity index is 850. The molecule has 2 aliphatic rings. The molecule has 2 aromatic rings. The van der Waals surface area contributed by atoms with E-state index in [9.17, 15) is 5.11 Å². The van der Waals surface area contributed by atoms with Crippen LogP contribution in [0.2, 0.25) is 0 Å². The van der Waals surface area contributed by atoms with Gasteiger partial charge in [0.05, 0.1) is 16.9 Å². The summed E-state index contributed by atoms with van der Waals surface area (Å²) in [6.07, 6.45) is 5.87. The molecule has 1 heterocycles. The number of fused-ring (bicyclic) bond motifs is 1. The Morgan fingerprint density at radius 1 is 1.08 bits per heavy atom. The van der Waals surface area contributed by atoms with Crippen LogP contribution in [0.25, 0.3) is 5.76 Å². The van der Waals surface area contributed by atoms with Gasteiger partial charge in [0, 0.05) is 12.1 Å². The SMILES string of the molecule is C=C(O)c1ccccc1CNC1=Nc2ccccc2NC12CCCCC2. The molecule has 1 spiro atoms. The number of aliphatic imine (C=N–C) groups is 1. The van der Waals surface area contributed by atoms with Crippen LogP contribution in [0.1, 0.15) is 43.2 Å². The van der Waals surface area contributed by atoms with Crippen LogP contribution in [-0.4, -0.2) is 16.5 Å². The number of hydrogen-bond donors (Lipinski definition) is 3. The van der Waals surface area contributed by atoms with Gasteiger partial charge >= 0.3 is 0 Å². The van der Waals surface area contributed by atoms with Gasteiger partial charge in [0.2, 0.25) is 0 Å². The van der Waals surface area contributed by atoms with Gasteiger partial charge in [0.15, 0.2) is 0 Å². The van der Waals surface area contributed by atoms with Crippen LogP contribution in [0.15, 0.2) is 60.1 Å². The molecule has 4 heteroatoms. The lowest BCUT2D eigenvalue weighted by molar-refractivity contribution is 0.396. The lowest BCUT2D eigenvalue weighted by atomic mass is 9.79. The van der Waals surface area contributed by atoms with E-state index in [0.717, 1.165) is 41.2 Å². The zero-order valence-electron chi connectivity index (χ0n) is 15.0. The molecule has 0 bridgehead atoms. The first kappa shape index (κ1) is 16.7. The Hall–Kier alpha value is -2.75. The number of rotatable bonds is 3. The van der Waals surface area contributed by atoms with E-state index < -0.39 is 0 Å². The van der Waals surface area contributed by atoms with Gasteiger partial charge in [-0.3, -0.25) is 0 Å². The maximum Gasteiger partial charge on any atom is 0.128 e. The van der Waals surface area contributed by atoms with Gasteiger partial charge in [-0.15, -0.1) is 0 Å². The third kappa shape index (κ3) is 3.07. The minimum Gasteiger partial charge on any atom is -0.508 e. The number of anilines is 1. The topological polar surface area (TPSA) is 56.6 Å². The van der Waals surface area contributed by atoms with Crippen LogP contribution in [0.4, 0.5) is 11.4 Å². The van der Waals surface area contributed by atoms with E-state index >= 15 is 0 Å². The molecule has 1 aliphatic carbocycles. The molecule has 3 N–H and O–H groups in total. The van der Waals surface area contributed by atoms with Crippen LogP contribution in [0, 0.1) is 0 Å². The fraction of sp³-hybridized carbons (Fsp3) is 0.318. The van der Waals surface area contributed by atoms with Gasteiger partial charge in [-0.2, -0.15) is 0 Å². The van der Waals surface area contributed by atoms with E-state index in [1.165, 1.54) is 19.3 Å². The predicted octanol–water partition coefficient (Wildman–Crippen LogP) is 5.16. The van der Waals surface area contributed by atoms with Crippen molar-refractivity contribution in [3.8, 4) is 0 Å². The first-order chi connectivity index (χ1) is 12.7. The van der Waals surface area contributed by atoms with Crippen LogP contribution in [0.3, 0.4) is 0 Å². The first-order valence-electron chi connectivity index (χ1n) is 9.34. The van der Waals surface area contributed by atoms with Gasteiger partial charge in [0.25, 0.3) is 0 Å². The number of amidine groups is 1. The van der Waals surface area contributed by atoms with Gasteiger partial charge < -0.3 is 15.7 Å². The molecule has 1 aliphatic heterocycles. The van der Waals surface area contributed by atoms with Crippen molar-refractivity contribution in [3.05, 3.63) is 66.2 Å². The van der Waals surface area contributed by atoms with Crippen LogP contribution >= 0.6 is 0 Å². The van der Waals surface area contributed by atoms with Crippen molar-refractivity contribution in [2.45, 2.75) is 44.2 Å². The van der Waals surface area contributed by atoms with Crippen molar-refractivity contribution in [3.63, 3.8) is 0 Å². The maximum absolute atomic E-state index is 9.85. The fourth-order valence-corrected chi connectivity index (χ4v) is 4.08. The number of aliphatic hydroxyl groups is 1. The molecule has 4 rings (SSSR count). The Kier molecular flexibility index (Phi) is 4.41. The fourth-order valence-electron chi connectivity index (χ4n) is 4.08. The van der Waals surface area contributed by atoms with Gasteiger partial charge in [-0.05, 0) is 30.5 Å². The molecule has 26 heavy (non-hydrogen) atoms. The first-order valence-corrected chi connectivity index (χ1v) is 9.34. The maximum atomic E-state index is 9.85. The Balaban J connectivity index is 1.64. The third-order valence-corrected chi connectivity index (χ3v) is 5.45.